The SMILES string of the molecule is COc1ccc(NCCO)cc1NS(C)(=O)=O. The Morgan fingerprint density at radius 2 is 2.12 bits per heavy atom. The fourth-order valence-corrected chi connectivity index (χ4v) is 1.86. The van der Waals surface area contributed by atoms with E-state index in [4.69, 9.17) is 9.84 Å². The van der Waals surface area contributed by atoms with E-state index >= 15 is 0 Å². The Morgan fingerprint density at radius 1 is 1.41 bits per heavy atom. The number of aliphatic hydroxyl groups is 1. The minimum absolute atomic E-state index is 0.000861. The van der Waals surface area contributed by atoms with Gasteiger partial charge < -0.3 is 15.2 Å². The Labute approximate surface area is 101 Å². The summed E-state index contributed by atoms with van der Waals surface area (Å²) in [4.78, 5) is 0. The van der Waals surface area contributed by atoms with Crippen molar-refractivity contribution >= 4 is 21.4 Å². The van der Waals surface area contributed by atoms with Gasteiger partial charge in [0.15, 0.2) is 0 Å². The predicted molar refractivity (Wildman–Crippen MR) is 67.0 cm³/mol. The second-order valence-corrected chi connectivity index (χ2v) is 5.19. The number of nitrogens with one attached hydrogen (secondary N) is 2. The molecule has 0 heterocycles. The van der Waals surface area contributed by atoms with Crippen molar-refractivity contribution in [1.82, 2.24) is 0 Å². The normalized spacial score (nSPS) is 11.0. The maximum absolute atomic E-state index is 11.2. The summed E-state index contributed by atoms with van der Waals surface area (Å²) in [6.07, 6.45) is 1.07. The monoisotopic (exact) mass is 260 g/mol. The number of rotatable bonds is 6. The summed E-state index contributed by atoms with van der Waals surface area (Å²) in [6.45, 7) is 0.394. The lowest BCUT2D eigenvalue weighted by Gasteiger charge is -2.12. The fraction of sp³-hybridized carbons (Fsp3) is 0.400. The quantitative estimate of drug-likeness (QED) is 0.692. The van der Waals surface area contributed by atoms with Crippen molar-refractivity contribution in [2.75, 3.05) is 36.6 Å². The number of methoxy groups -OCH3 is 1. The summed E-state index contributed by atoms with van der Waals surface area (Å²) in [5.74, 6) is 0.435. The van der Waals surface area contributed by atoms with Crippen LogP contribution < -0.4 is 14.8 Å². The van der Waals surface area contributed by atoms with Gasteiger partial charge in [0, 0.05) is 12.2 Å². The van der Waals surface area contributed by atoms with Gasteiger partial charge in [-0.05, 0) is 18.2 Å². The molecule has 0 saturated carbocycles. The van der Waals surface area contributed by atoms with Crippen LogP contribution in [0.4, 0.5) is 11.4 Å². The van der Waals surface area contributed by atoms with Crippen LogP contribution in [0.2, 0.25) is 0 Å². The summed E-state index contributed by atoms with van der Waals surface area (Å²) in [7, 11) is -1.89. The van der Waals surface area contributed by atoms with Crippen molar-refractivity contribution in [2.24, 2.45) is 0 Å². The molecule has 0 fully saturated rings. The van der Waals surface area contributed by atoms with Crippen LogP contribution in [0.5, 0.6) is 5.75 Å². The molecule has 7 heteroatoms. The molecular formula is C10H16N2O4S. The Balaban J connectivity index is 2.98. The fourth-order valence-electron chi connectivity index (χ4n) is 1.30. The van der Waals surface area contributed by atoms with Gasteiger partial charge in [-0.3, -0.25) is 4.72 Å². The average Bonchev–Trinajstić information content (AvgIpc) is 2.24. The summed E-state index contributed by atoms with van der Waals surface area (Å²) < 4.78 is 29.7. The van der Waals surface area contributed by atoms with Gasteiger partial charge in [-0.1, -0.05) is 0 Å². The lowest BCUT2D eigenvalue weighted by molar-refractivity contribution is 0.311. The van der Waals surface area contributed by atoms with E-state index in [1.165, 1.54) is 7.11 Å². The Morgan fingerprint density at radius 3 is 2.65 bits per heavy atom. The van der Waals surface area contributed by atoms with E-state index in [1.54, 1.807) is 18.2 Å². The molecule has 96 valence electrons. The van der Waals surface area contributed by atoms with E-state index in [1.807, 2.05) is 0 Å². The lowest BCUT2D eigenvalue weighted by atomic mass is 10.2. The first kappa shape index (κ1) is 13.6. The van der Waals surface area contributed by atoms with Crippen LogP contribution in [0.1, 0.15) is 0 Å². The van der Waals surface area contributed by atoms with Gasteiger partial charge in [0.2, 0.25) is 10.0 Å². The number of hydrogen-bond donors (Lipinski definition) is 3. The van der Waals surface area contributed by atoms with Crippen LogP contribution in [0.3, 0.4) is 0 Å². The number of ether oxygens (including phenoxy) is 1. The van der Waals surface area contributed by atoms with Gasteiger partial charge in [0.25, 0.3) is 0 Å². The molecule has 0 atom stereocenters. The molecule has 0 aliphatic heterocycles. The lowest BCUT2D eigenvalue weighted by Crippen LogP contribution is -2.11. The highest BCUT2D eigenvalue weighted by atomic mass is 32.2. The third-order valence-electron chi connectivity index (χ3n) is 1.94. The molecule has 6 nitrogen and oxygen atoms in total. The molecular weight excluding hydrogens is 244 g/mol. The van der Waals surface area contributed by atoms with E-state index in [-0.39, 0.29) is 6.61 Å². The van der Waals surface area contributed by atoms with E-state index in [0.717, 1.165) is 6.26 Å². The van der Waals surface area contributed by atoms with E-state index in [2.05, 4.69) is 10.0 Å². The minimum atomic E-state index is -3.35. The number of sulfonamides is 1. The van der Waals surface area contributed by atoms with Gasteiger partial charge >= 0.3 is 0 Å². The predicted octanol–water partition coefficient (Wildman–Crippen LogP) is 0.471. The van der Waals surface area contributed by atoms with E-state index < -0.39 is 10.0 Å². The minimum Gasteiger partial charge on any atom is -0.495 e. The van der Waals surface area contributed by atoms with Crippen molar-refractivity contribution in [1.29, 1.82) is 0 Å². The molecule has 1 aromatic rings. The number of aliphatic hydroxyl groups excluding tert-OH is 1. The Kier molecular flexibility index (Phi) is 4.59. The zero-order valence-electron chi connectivity index (χ0n) is 9.73. The summed E-state index contributed by atoms with van der Waals surface area (Å²) in [6, 6.07) is 4.99. The number of hydrogen-bond acceptors (Lipinski definition) is 5. The molecule has 0 radical (unpaired) electrons. The molecule has 0 spiro atoms. The third kappa shape index (κ3) is 4.49. The molecule has 17 heavy (non-hydrogen) atoms. The van der Waals surface area contributed by atoms with Gasteiger partial charge in [-0.25, -0.2) is 8.42 Å². The third-order valence-corrected chi connectivity index (χ3v) is 2.53. The zero-order chi connectivity index (χ0) is 12.9. The largest absolute Gasteiger partial charge is 0.495 e. The van der Waals surface area contributed by atoms with Crippen LogP contribution in [-0.4, -0.2) is 40.0 Å². The maximum Gasteiger partial charge on any atom is 0.229 e. The standard InChI is InChI=1S/C10H16N2O4S/c1-16-10-4-3-8(11-5-6-13)7-9(10)12-17(2,14)15/h3-4,7,11-13H,5-6H2,1-2H3. The molecule has 0 unspecified atom stereocenters. The first-order valence-corrected chi connectivity index (χ1v) is 6.86. The van der Waals surface area contributed by atoms with Gasteiger partial charge in [0.1, 0.15) is 5.75 Å². The topological polar surface area (TPSA) is 87.7 Å². The second kappa shape index (κ2) is 5.74. The highest BCUT2D eigenvalue weighted by Gasteiger charge is 2.08. The van der Waals surface area contributed by atoms with Gasteiger partial charge in [0.05, 0.1) is 25.7 Å². The van der Waals surface area contributed by atoms with Crippen molar-refractivity contribution in [2.45, 2.75) is 0 Å². The highest BCUT2D eigenvalue weighted by Crippen LogP contribution is 2.28. The Bertz CT molecular complexity index is 473. The van der Waals surface area contributed by atoms with Crippen LogP contribution in [-0.2, 0) is 10.0 Å². The van der Waals surface area contributed by atoms with Gasteiger partial charge in [-0.2, -0.15) is 0 Å². The number of benzene rings is 1. The van der Waals surface area contributed by atoms with Gasteiger partial charge in [-0.15, -0.1) is 0 Å². The molecule has 1 aromatic carbocycles. The number of anilines is 2. The first-order chi connectivity index (χ1) is 7.96. The maximum atomic E-state index is 11.2. The van der Waals surface area contributed by atoms with Crippen molar-refractivity contribution in [3.05, 3.63) is 18.2 Å². The second-order valence-electron chi connectivity index (χ2n) is 3.44. The molecule has 0 amide bonds. The summed E-state index contributed by atoms with van der Waals surface area (Å²) >= 11 is 0. The van der Waals surface area contributed by atoms with Crippen LogP contribution in [0.15, 0.2) is 18.2 Å². The molecule has 0 aliphatic carbocycles. The molecule has 0 saturated heterocycles. The smallest absolute Gasteiger partial charge is 0.229 e. The molecule has 0 bridgehead atoms. The molecule has 0 aliphatic rings. The van der Waals surface area contributed by atoms with E-state index in [0.29, 0.717) is 23.7 Å². The van der Waals surface area contributed by atoms with Crippen molar-refractivity contribution in [3.8, 4) is 5.75 Å². The molecule has 1 rings (SSSR count). The van der Waals surface area contributed by atoms with Crippen molar-refractivity contribution < 1.29 is 18.3 Å². The zero-order valence-corrected chi connectivity index (χ0v) is 10.5. The first-order valence-electron chi connectivity index (χ1n) is 4.97. The highest BCUT2D eigenvalue weighted by molar-refractivity contribution is 7.92. The average molecular weight is 260 g/mol. The van der Waals surface area contributed by atoms with Crippen molar-refractivity contribution in [3.63, 3.8) is 0 Å². The summed E-state index contributed by atoms with van der Waals surface area (Å²) in [5.41, 5.74) is 1.06. The molecule has 0 aromatic heterocycles. The van der Waals surface area contributed by atoms with E-state index in [9.17, 15) is 8.42 Å². The van der Waals surface area contributed by atoms with Crippen LogP contribution in [0, 0.1) is 0 Å². The van der Waals surface area contributed by atoms with Crippen LogP contribution >= 0.6 is 0 Å². The Hall–Kier alpha value is -1.47. The molecule has 3 N–H and O–H groups in total. The van der Waals surface area contributed by atoms with Crippen LogP contribution in [0.25, 0.3) is 0 Å². The summed E-state index contributed by atoms with van der Waals surface area (Å²) in [5, 5.41) is 11.6.